The molecule has 2 N–H and O–H groups in total. The zero-order valence-corrected chi connectivity index (χ0v) is 18.6. The van der Waals surface area contributed by atoms with Gasteiger partial charge >= 0.3 is 0 Å². The summed E-state index contributed by atoms with van der Waals surface area (Å²) in [5.41, 5.74) is 2.09. The van der Waals surface area contributed by atoms with Crippen molar-refractivity contribution in [3.05, 3.63) is 54.1 Å². The van der Waals surface area contributed by atoms with Crippen LogP contribution in [-0.2, 0) is 4.74 Å². The van der Waals surface area contributed by atoms with Crippen molar-refractivity contribution in [1.82, 2.24) is 10.2 Å². The second-order valence-electron chi connectivity index (χ2n) is 7.06. The molecule has 2 rings (SSSR count). The SMILES string of the molecule is CN=C(NCC(c1cccc(OC)c1)N(C)C)Nc1cccc(OCCCOC)c1. The van der Waals surface area contributed by atoms with E-state index in [2.05, 4.69) is 46.8 Å². The van der Waals surface area contributed by atoms with Gasteiger partial charge in [0.1, 0.15) is 11.5 Å². The van der Waals surface area contributed by atoms with E-state index in [0.29, 0.717) is 25.7 Å². The largest absolute Gasteiger partial charge is 0.497 e. The van der Waals surface area contributed by atoms with Crippen molar-refractivity contribution < 1.29 is 14.2 Å². The molecule has 0 aliphatic rings. The molecular formula is C23H34N4O3. The molecule has 0 saturated heterocycles. The number of guanidine groups is 1. The van der Waals surface area contributed by atoms with E-state index in [4.69, 9.17) is 14.2 Å². The molecule has 0 aliphatic heterocycles. The molecule has 0 radical (unpaired) electrons. The van der Waals surface area contributed by atoms with E-state index in [1.807, 2.05) is 36.4 Å². The molecule has 1 atom stereocenters. The van der Waals surface area contributed by atoms with Crippen molar-refractivity contribution in [3.63, 3.8) is 0 Å². The Morgan fingerprint density at radius 3 is 2.50 bits per heavy atom. The van der Waals surface area contributed by atoms with Gasteiger partial charge in [-0.1, -0.05) is 18.2 Å². The summed E-state index contributed by atoms with van der Waals surface area (Å²) in [6.45, 7) is 2.00. The lowest BCUT2D eigenvalue weighted by Crippen LogP contribution is -2.38. The number of methoxy groups -OCH3 is 2. The topological polar surface area (TPSA) is 67.4 Å². The minimum Gasteiger partial charge on any atom is -0.497 e. The Hall–Kier alpha value is -2.77. The second-order valence-corrected chi connectivity index (χ2v) is 7.06. The monoisotopic (exact) mass is 414 g/mol. The third-order valence-electron chi connectivity index (χ3n) is 4.65. The Bertz CT molecular complexity index is 796. The van der Waals surface area contributed by atoms with Crippen LogP contribution >= 0.6 is 0 Å². The molecule has 0 saturated carbocycles. The van der Waals surface area contributed by atoms with Crippen molar-refractivity contribution >= 4 is 11.6 Å². The highest BCUT2D eigenvalue weighted by atomic mass is 16.5. The maximum Gasteiger partial charge on any atom is 0.195 e. The van der Waals surface area contributed by atoms with Crippen LogP contribution in [0.3, 0.4) is 0 Å². The first-order valence-corrected chi connectivity index (χ1v) is 10.1. The lowest BCUT2D eigenvalue weighted by Gasteiger charge is -2.26. The minimum atomic E-state index is 0.161. The summed E-state index contributed by atoms with van der Waals surface area (Å²) in [6, 6.07) is 16.1. The molecule has 0 fully saturated rings. The smallest absolute Gasteiger partial charge is 0.195 e. The first-order chi connectivity index (χ1) is 14.6. The zero-order chi connectivity index (χ0) is 21.8. The average molecular weight is 415 g/mol. The fraction of sp³-hybridized carbons (Fsp3) is 0.435. The number of nitrogens with zero attached hydrogens (tertiary/aromatic N) is 2. The van der Waals surface area contributed by atoms with E-state index in [1.54, 1.807) is 21.3 Å². The van der Waals surface area contributed by atoms with Gasteiger partial charge in [0, 0.05) is 45.5 Å². The van der Waals surface area contributed by atoms with Crippen LogP contribution in [0.15, 0.2) is 53.5 Å². The fourth-order valence-corrected chi connectivity index (χ4v) is 3.01. The summed E-state index contributed by atoms with van der Waals surface area (Å²) in [4.78, 5) is 6.52. The van der Waals surface area contributed by atoms with E-state index in [-0.39, 0.29) is 6.04 Å². The summed E-state index contributed by atoms with van der Waals surface area (Å²) < 4.78 is 16.2. The van der Waals surface area contributed by atoms with Crippen LogP contribution in [-0.4, -0.2) is 66.0 Å². The van der Waals surface area contributed by atoms with Crippen molar-refractivity contribution in [2.45, 2.75) is 12.5 Å². The van der Waals surface area contributed by atoms with Crippen LogP contribution in [0.25, 0.3) is 0 Å². The predicted octanol–water partition coefficient (Wildman–Crippen LogP) is 3.40. The molecule has 2 aromatic carbocycles. The molecule has 0 aromatic heterocycles. The van der Waals surface area contributed by atoms with Gasteiger partial charge in [-0.2, -0.15) is 0 Å². The van der Waals surface area contributed by atoms with Gasteiger partial charge in [0.2, 0.25) is 0 Å². The molecule has 2 aromatic rings. The minimum absolute atomic E-state index is 0.161. The number of anilines is 1. The summed E-state index contributed by atoms with van der Waals surface area (Å²) in [5.74, 6) is 2.36. The zero-order valence-electron chi connectivity index (χ0n) is 18.6. The number of ether oxygens (including phenoxy) is 3. The van der Waals surface area contributed by atoms with Crippen LogP contribution in [0.1, 0.15) is 18.0 Å². The summed E-state index contributed by atoms with van der Waals surface area (Å²) in [7, 11) is 9.26. The standard InChI is InChI=1S/C23H34N4O3/c1-24-23(26-19-10-7-12-21(16-19)30-14-8-13-28-4)25-17-22(27(2)3)18-9-6-11-20(15-18)29-5/h6-7,9-12,15-16,22H,8,13-14,17H2,1-5H3,(H2,24,25,26). The van der Waals surface area contributed by atoms with Gasteiger partial charge in [0.05, 0.1) is 19.8 Å². The van der Waals surface area contributed by atoms with Gasteiger partial charge in [-0.05, 0) is 43.9 Å². The van der Waals surface area contributed by atoms with E-state index in [9.17, 15) is 0 Å². The molecule has 30 heavy (non-hydrogen) atoms. The van der Waals surface area contributed by atoms with E-state index in [1.165, 1.54) is 5.56 Å². The van der Waals surface area contributed by atoms with Crippen LogP contribution in [0.2, 0.25) is 0 Å². The van der Waals surface area contributed by atoms with Crippen LogP contribution in [0.5, 0.6) is 11.5 Å². The Morgan fingerprint density at radius 1 is 1.03 bits per heavy atom. The van der Waals surface area contributed by atoms with Crippen LogP contribution < -0.4 is 20.1 Å². The maximum atomic E-state index is 5.77. The van der Waals surface area contributed by atoms with Gasteiger partial charge in [0.25, 0.3) is 0 Å². The van der Waals surface area contributed by atoms with Crippen molar-refractivity contribution in [2.24, 2.45) is 4.99 Å². The molecule has 1 unspecified atom stereocenters. The summed E-state index contributed by atoms with van der Waals surface area (Å²) >= 11 is 0. The molecule has 7 heteroatoms. The van der Waals surface area contributed by atoms with E-state index >= 15 is 0 Å². The number of nitrogens with one attached hydrogen (secondary N) is 2. The van der Waals surface area contributed by atoms with Crippen molar-refractivity contribution in [1.29, 1.82) is 0 Å². The number of hydrogen-bond acceptors (Lipinski definition) is 5. The molecule has 0 amide bonds. The van der Waals surface area contributed by atoms with Crippen molar-refractivity contribution in [2.75, 3.05) is 60.4 Å². The van der Waals surface area contributed by atoms with Crippen molar-refractivity contribution in [3.8, 4) is 11.5 Å². The van der Waals surface area contributed by atoms with E-state index < -0.39 is 0 Å². The highest BCUT2D eigenvalue weighted by Crippen LogP contribution is 2.22. The maximum absolute atomic E-state index is 5.77. The number of benzene rings is 2. The van der Waals surface area contributed by atoms with Gasteiger partial charge in [-0.3, -0.25) is 4.99 Å². The first-order valence-electron chi connectivity index (χ1n) is 10.1. The van der Waals surface area contributed by atoms with Crippen LogP contribution in [0.4, 0.5) is 5.69 Å². The molecular weight excluding hydrogens is 380 g/mol. The van der Waals surface area contributed by atoms with Crippen LogP contribution in [0, 0.1) is 0 Å². The quantitative estimate of drug-likeness (QED) is 0.334. The van der Waals surface area contributed by atoms with Gasteiger partial charge < -0.3 is 29.7 Å². The van der Waals surface area contributed by atoms with Gasteiger partial charge in [-0.15, -0.1) is 0 Å². The third-order valence-corrected chi connectivity index (χ3v) is 4.65. The normalized spacial score (nSPS) is 12.5. The molecule has 0 spiro atoms. The lowest BCUT2D eigenvalue weighted by molar-refractivity contribution is 0.172. The number of rotatable bonds is 11. The second kappa shape index (κ2) is 12.7. The number of likely N-dealkylation sites (N-methyl/N-ethyl adjacent to an activating group) is 1. The predicted molar refractivity (Wildman–Crippen MR) is 123 cm³/mol. The molecule has 0 bridgehead atoms. The fourth-order valence-electron chi connectivity index (χ4n) is 3.01. The highest BCUT2D eigenvalue weighted by molar-refractivity contribution is 5.93. The van der Waals surface area contributed by atoms with Gasteiger partial charge in [-0.25, -0.2) is 0 Å². The van der Waals surface area contributed by atoms with Gasteiger partial charge in [0.15, 0.2) is 5.96 Å². The third kappa shape index (κ3) is 7.57. The lowest BCUT2D eigenvalue weighted by atomic mass is 10.1. The number of aliphatic imine (C=N–C) groups is 1. The summed E-state index contributed by atoms with van der Waals surface area (Å²) in [6.07, 6.45) is 0.855. The Labute approximate surface area is 180 Å². The molecule has 164 valence electrons. The Balaban J connectivity index is 1.97. The highest BCUT2D eigenvalue weighted by Gasteiger charge is 2.15. The first kappa shape index (κ1) is 23.5. The molecule has 7 nitrogen and oxygen atoms in total. The number of hydrogen-bond donors (Lipinski definition) is 2. The van der Waals surface area contributed by atoms with E-state index in [0.717, 1.165) is 23.6 Å². The molecule has 0 aliphatic carbocycles. The molecule has 0 heterocycles. The Morgan fingerprint density at radius 2 is 1.80 bits per heavy atom. The Kier molecular flexibility index (Phi) is 9.97. The summed E-state index contributed by atoms with van der Waals surface area (Å²) in [5, 5.41) is 6.74. The average Bonchev–Trinajstić information content (AvgIpc) is 2.76.